The number of methoxy groups -OCH3 is 1. The van der Waals surface area contributed by atoms with Gasteiger partial charge in [-0.05, 0) is 73.7 Å². The van der Waals surface area contributed by atoms with Crippen LogP contribution in [0.15, 0.2) is 53.4 Å². The number of imide groups is 1. The summed E-state index contributed by atoms with van der Waals surface area (Å²) < 4.78 is 32.5. The molecular formula is C25H24ClN3O6S2. The van der Waals surface area contributed by atoms with Crippen molar-refractivity contribution in [2.45, 2.75) is 37.0 Å². The Labute approximate surface area is 223 Å². The Morgan fingerprint density at radius 3 is 2.43 bits per heavy atom. The molecule has 1 aromatic heterocycles. The predicted molar refractivity (Wildman–Crippen MR) is 142 cm³/mol. The van der Waals surface area contributed by atoms with Crippen LogP contribution in [0.3, 0.4) is 0 Å². The Morgan fingerprint density at radius 2 is 1.70 bits per heavy atom. The van der Waals surface area contributed by atoms with Crippen molar-refractivity contribution in [3.8, 4) is 0 Å². The van der Waals surface area contributed by atoms with Gasteiger partial charge in [0.1, 0.15) is 5.00 Å². The third kappa shape index (κ3) is 6.30. The zero-order valence-electron chi connectivity index (χ0n) is 19.8. The van der Waals surface area contributed by atoms with Crippen LogP contribution in [0, 0.1) is 0 Å². The van der Waals surface area contributed by atoms with Gasteiger partial charge < -0.3 is 10.1 Å². The second kappa shape index (κ2) is 11.3. The summed E-state index contributed by atoms with van der Waals surface area (Å²) in [5.74, 6) is -1.18. The van der Waals surface area contributed by atoms with E-state index in [0.29, 0.717) is 16.4 Å². The molecule has 194 valence electrons. The fourth-order valence-electron chi connectivity index (χ4n) is 4.00. The van der Waals surface area contributed by atoms with E-state index in [1.165, 1.54) is 53.8 Å². The number of hydrogen-bond acceptors (Lipinski definition) is 7. The Bertz CT molecular complexity index is 1450. The lowest BCUT2D eigenvalue weighted by Gasteiger charge is -2.11. The highest BCUT2D eigenvalue weighted by molar-refractivity contribution is 7.92. The Hall–Kier alpha value is -3.41. The minimum atomic E-state index is -3.90. The lowest BCUT2D eigenvalue weighted by Crippen LogP contribution is -2.31. The molecule has 0 unspecified atom stereocenters. The summed E-state index contributed by atoms with van der Waals surface area (Å²) in [5, 5.41) is 5.69. The summed E-state index contributed by atoms with van der Waals surface area (Å²) >= 11 is 7.15. The van der Waals surface area contributed by atoms with Gasteiger partial charge >= 0.3 is 6.09 Å². The number of nitrogens with one attached hydrogen (secondary N) is 3. The van der Waals surface area contributed by atoms with Crippen LogP contribution in [-0.4, -0.2) is 33.4 Å². The van der Waals surface area contributed by atoms with Gasteiger partial charge in [0.2, 0.25) is 0 Å². The molecule has 12 heteroatoms. The molecule has 0 atom stereocenters. The number of halogens is 1. The van der Waals surface area contributed by atoms with Crippen molar-refractivity contribution in [1.29, 1.82) is 0 Å². The van der Waals surface area contributed by atoms with Gasteiger partial charge in [0.25, 0.3) is 21.8 Å². The van der Waals surface area contributed by atoms with Gasteiger partial charge in [-0.25, -0.2) is 13.2 Å². The molecule has 37 heavy (non-hydrogen) atoms. The highest BCUT2D eigenvalue weighted by Crippen LogP contribution is 2.38. The fourth-order valence-corrected chi connectivity index (χ4v) is 6.46. The molecule has 1 aliphatic rings. The zero-order chi connectivity index (χ0) is 26.6. The van der Waals surface area contributed by atoms with Gasteiger partial charge in [0, 0.05) is 21.2 Å². The van der Waals surface area contributed by atoms with Crippen LogP contribution in [-0.2, 0) is 27.6 Å². The number of hydrogen-bond donors (Lipinski definition) is 3. The average Bonchev–Trinajstić information content (AvgIpc) is 3.04. The first-order valence-electron chi connectivity index (χ1n) is 11.4. The topological polar surface area (TPSA) is 131 Å². The second-order valence-corrected chi connectivity index (χ2v) is 11.5. The van der Waals surface area contributed by atoms with Crippen molar-refractivity contribution >= 4 is 61.6 Å². The van der Waals surface area contributed by atoms with E-state index in [0.717, 1.165) is 43.2 Å². The first kappa shape index (κ1) is 26.6. The molecule has 1 aliphatic carbocycles. The number of aryl methyl sites for hydroxylation is 1. The van der Waals surface area contributed by atoms with Crippen LogP contribution in [0.5, 0.6) is 0 Å². The van der Waals surface area contributed by atoms with Gasteiger partial charge in [0.05, 0.1) is 17.6 Å². The molecule has 0 saturated carbocycles. The lowest BCUT2D eigenvalue weighted by atomic mass is 10.0. The number of carbonyl (C=O) groups is 3. The van der Waals surface area contributed by atoms with E-state index in [2.05, 4.69) is 20.1 Å². The number of amides is 3. The maximum absolute atomic E-state index is 13.2. The minimum absolute atomic E-state index is 0.0214. The maximum atomic E-state index is 13.2. The molecule has 0 spiro atoms. The van der Waals surface area contributed by atoms with Crippen molar-refractivity contribution in [2.24, 2.45) is 0 Å². The monoisotopic (exact) mass is 561 g/mol. The number of benzene rings is 2. The Kier molecular flexibility index (Phi) is 8.16. The number of rotatable bonds is 6. The highest BCUT2D eigenvalue weighted by atomic mass is 35.5. The quantitative estimate of drug-likeness (QED) is 0.354. The molecule has 3 amide bonds. The van der Waals surface area contributed by atoms with E-state index in [-0.39, 0.29) is 21.7 Å². The number of ether oxygens (including phenoxy) is 1. The lowest BCUT2D eigenvalue weighted by molar-refractivity contribution is 0.0937. The molecule has 4 rings (SSSR count). The molecule has 0 bridgehead atoms. The maximum Gasteiger partial charge on any atom is 0.413 e. The molecule has 0 radical (unpaired) electrons. The van der Waals surface area contributed by atoms with Crippen LogP contribution in [0.1, 0.15) is 50.4 Å². The summed E-state index contributed by atoms with van der Waals surface area (Å²) in [6, 6.07) is 11.7. The number of alkyl carbamates (subject to hydrolysis) is 1. The van der Waals surface area contributed by atoms with E-state index in [1.54, 1.807) is 6.07 Å². The number of carbonyl (C=O) groups excluding carboxylic acids is 3. The number of anilines is 2. The molecule has 0 saturated heterocycles. The van der Waals surface area contributed by atoms with Gasteiger partial charge in [-0.1, -0.05) is 24.1 Å². The molecule has 0 aliphatic heterocycles. The van der Waals surface area contributed by atoms with Crippen LogP contribution in [0.2, 0.25) is 5.02 Å². The molecular weight excluding hydrogens is 538 g/mol. The van der Waals surface area contributed by atoms with Gasteiger partial charge in [0.15, 0.2) is 0 Å². The first-order chi connectivity index (χ1) is 17.7. The van der Waals surface area contributed by atoms with Gasteiger partial charge in [-0.15, -0.1) is 11.3 Å². The molecule has 1 heterocycles. The Morgan fingerprint density at radius 1 is 0.973 bits per heavy atom. The number of sulfonamides is 1. The van der Waals surface area contributed by atoms with Crippen LogP contribution < -0.4 is 15.4 Å². The predicted octanol–water partition coefficient (Wildman–Crippen LogP) is 5.22. The smallest absolute Gasteiger partial charge is 0.413 e. The molecule has 3 aromatic rings. The molecule has 9 nitrogen and oxygen atoms in total. The van der Waals surface area contributed by atoms with Crippen molar-refractivity contribution in [2.75, 3.05) is 17.1 Å². The van der Waals surface area contributed by atoms with Crippen LogP contribution in [0.25, 0.3) is 0 Å². The zero-order valence-corrected chi connectivity index (χ0v) is 22.2. The average molecular weight is 562 g/mol. The highest BCUT2D eigenvalue weighted by Gasteiger charge is 2.27. The third-order valence-electron chi connectivity index (χ3n) is 5.78. The molecule has 3 N–H and O–H groups in total. The van der Waals surface area contributed by atoms with E-state index < -0.39 is 27.9 Å². The summed E-state index contributed by atoms with van der Waals surface area (Å²) in [5.41, 5.74) is 1.44. The SMILES string of the molecule is COC(=O)NC(=O)c1c(NC(=O)c2cccc(NS(=O)(=O)c3ccc(Cl)cc3)c2)sc2c1CCCCC2. The van der Waals surface area contributed by atoms with E-state index in [4.69, 9.17) is 11.6 Å². The van der Waals surface area contributed by atoms with Crippen molar-refractivity contribution in [3.05, 3.63) is 75.1 Å². The summed E-state index contributed by atoms with van der Waals surface area (Å²) in [7, 11) is -2.74. The number of thiophene rings is 1. The van der Waals surface area contributed by atoms with Crippen molar-refractivity contribution < 1.29 is 27.5 Å². The van der Waals surface area contributed by atoms with Crippen molar-refractivity contribution in [3.63, 3.8) is 0 Å². The van der Waals surface area contributed by atoms with E-state index >= 15 is 0 Å². The fraction of sp³-hybridized carbons (Fsp3) is 0.240. The van der Waals surface area contributed by atoms with Gasteiger partial charge in [-0.3, -0.25) is 19.6 Å². The Balaban J connectivity index is 1.59. The minimum Gasteiger partial charge on any atom is -0.453 e. The summed E-state index contributed by atoms with van der Waals surface area (Å²) in [4.78, 5) is 38.8. The molecule has 0 fully saturated rings. The molecule has 2 aromatic carbocycles. The van der Waals surface area contributed by atoms with Gasteiger partial charge in [-0.2, -0.15) is 0 Å². The van der Waals surface area contributed by atoms with E-state index in [9.17, 15) is 22.8 Å². The second-order valence-electron chi connectivity index (χ2n) is 8.31. The van der Waals surface area contributed by atoms with Crippen LogP contribution >= 0.6 is 22.9 Å². The summed E-state index contributed by atoms with van der Waals surface area (Å²) in [6.07, 6.45) is 3.43. The largest absolute Gasteiger partial charge is 0.453 e. The van der Waals surface area contributed by atoms with Crippen molar-refractivity contribution in [1.82, 2.24) is 5.32 Å². The summed E-state index contributed by atoms with van der Waals surface area (Å²) in [6.45, 7) is 0. The number of fused-ring (bicyclic) bond motifs is 1. The standard InChI is InChI=1S/C25H24ClN3O6S2/c1-35-25(32)28-23(31)21-19-8-3-2-4-9-20(19)36-24(21)27-22(30)15-6-5-7-17(14-15)29-37(33,34)18-12-10-16(26)11-13-18/h5-7,10-14,29H,2-4,8-9H2,1H3,(H,27,30)(H,28,31,32). The third-order valence-corrected chi connectivity index (χ3v) is 8.63. The normalized spacial score (nSPS) is 13.1. The first-order valence-corrected chi connectivity index (χ1v) is 14.1. The van der Waals surface area contributed by atoms with E-state index in [1.807, 2.05) is 0 Å². The van der Waals surface area contributed by atoms with Crippen LogP contribution in [0.4, 0.5) is 15.5 Å².